The van der Waals surface area contributed by atoms with Crippen molar-refractivity contribution in [1.29, 1.82) is 0 Å². The molecule has 11 heteroatoms. The summed E-state index contributed by atoms with van der Waals surface area (Å²) in [5, 5.41) is 9.74. The number of nitrogens with zero attached hydrogens (tertiary/aromatic N) is 1. The first-order chi connectivity index (χ1) is 25.5. The molecule has 53 heavy (non-hydrogen) atoms. The van der Waals surface area contributed by atoms with E-state index >= 15 is 0 Å². The molecule has 1 N–H and O–H groups in total. The van der Waals surface area contributed by atoms with Crippen molar-refractivity contribution in [2.75, 3.05) is 26.4 Å². The first-order valence-corrected chi connectivity index (χ1v) is 17.9. The van der Waals surface area contributed by atoms with Gasteiger partial charge in [-0.25, -0.2) is 9.69 Å². The molecule has 4 atom stereocenters. The number of aryl methyl sites for hydroxylation is 1. The number of aliphatic hydroxyl groups excluding tert-OH is 1. The predicted molar refractivity (Wildman–Crippen MR) is 197 cm³/mol. The monoisotopic (exact) mass is 727 g/mol. The molecule has 4 unspecified atom stereocenters. The number of carbonyl (C=O) groups is 5. The molecular formula is C42H49NO10. The van der Waals surface area contributed by atoms with Gasteiger partial charge < -0.3 is 24.1 Å². The molecule has 282 valence electrons. The van der Waals surface area contributed by atoms with Crippen molar-refractivity contribution in [2.45, 2.75) is 71.8 Å². The molecule has 3 aromatic rings. The van der Waals surface area contributed by atoms with Gasteiger partial charge in [-0.15, -0.1) is 0 Å². The molecule has 0 aromatic heterocycles. The molecule has 1 aliphatic heterocycles. The Morgan fingerprint density at radius 3 is 2.26 bits per heavy atom. The summed E-state index contributed by atoms with van der Waals surface area (Å²) in [6.07, 6.45) is -1.59. The molecular weight excluding hydrogens is 678 g/mol. The maximum absolute atomic E-state index is 14.3. The van der Waals surface area contributed by atoms with Gasteiger partial charge in [-0.05, 0) is 48.4 Å². The fraction of sp³-hybridized carbons (Fsp3) is 0.405. The van der Waals surface area contributed by atoms with Crippen LogP contribution in [0, 0.1) is 18.8 Å². The Bertz CT molecular complexity index is 1720. The summed E-state index contributed by atoms with van der Waals surface area (Å²) in [7, 11) is 0. The topological polar surface area (TPSA) is 146 Å². The second-order valence-corrected chi connectivity index (χ2v) is 13.5. The number of ketones is 2. The van der Waals surface area contributed by atoms with Crippen LogP contribution in [0.15, 0.2) is 91.0 Å². The lowest BCUT2D eigenvalue weighted by molar-refractivity contribution is -0.159. The molecule has 0 aliphatic carbocycles. The molecule has 11 nitrogen and oxygen atoms in total. The fourth-order valence-corrected chi connectivity index (χ4v) is 6.06. The second kappa shape index (κ2) is 20.3. The van der Waals surface area contributed by atoms with Crippen LogP contribution in [0.25, 0.3) is 5.57 Å². The van der Waals surface area contributed by atoms with E-state index < -0.39 is 47.9 Å². The summed E-state index contributed by atoms with van der Waals surface area (Å²) >= 11 is 0. The number of rotatable bonds is 20. The molecule has 0 saturated carbocycles. The number of Topliss-reactive ketones (excluding diaryl/α,β-unsaturated/α-hetero) is 1. The van der Waals surface area contributed by atoms with Gasteiger partial charge in [-0.1, -0.05) is 104 Å². The van der Waals surface area contributed by atoms with Gasteiger partial charge >= 0.3 is 12.1 Å². The molecule has 0 bridgehead atoms. The van der Waals surface area contributed by atoms with E-state index in [4.69, 9.17) is 18.9 Å². The van der Waals surface area contributed by atoms with Crippen LogP contribution in [0.1, 0.15) is 55.9 Å². The highest BCUT2D eigenvalue weighted by atomic mass is 16.6. The van der Waals surface area contributed by atoms with E-state index in [2.05, 4.69) is 0 Å². The molecule has 0 radical (unpaired) electrons. The van der Waals surface area contributed by atoms with Crippen LogP contribution in [0.4, 0.5) is 4.79 Å². The Hall–Kier alpha value is -4.97. The average molecular weight is 728 g/mol. The van der Waals surface area contributed by atoms with E-state index in [-0.39, 0.29) is 56.5 Å². The number of imide groups is 1. The predicted octanol–water partition coefficient (Wildman–Crippen LogP) is 5.69. The maximum Gasteiger partial charge on any atom is 0.416 e. The van der Waals surface area contributed by atoms with E-state index in [1.165, 1.54) is 0 Å². The lowest BCUT2D eigenvalue weighted by Crippen LogP contribution is -2.50. The molecule has 1 fully saturated rings. The van der Waals surface area contributed by atoms with Gasteiger partial charge in [0.05, 0.1) is 31.8 Å². The zero-order valence-electron chi connectivity index (χ0n) is 30.8. The Morgan fingerprint density at radius 1 is 0.962 bits per heavy atom. The molecule has 1 heterocycles. The summed E-state index contributed by atoms with van der Waals surface area (Å²) in [5.74, 6) is -4.09. The van der Waals surface area contributed by atoms with Gasteiger partial charge in [0.15, 0.2) is 17.7 Å². The molecule has 4 rings (SSSR count). The van der Waals surface area contributed by atoms with Crippen molar-refractivity contribution in [1.82, 2.24) is 4.90 Å². The molecule has 1 saturated heterocycles. The lowest BCUT2D eigenvalue weighted by Gasteiger charge is -2.30. The van der Waals surface area contributed by atoms with Gasteiger partial charge in [0.2, 0.25) is 5.91 Å². The normalized spacial score (nSPS) is 16.2. The van der Waals surface area contributed by atoms with Crippen molar-refractivity contribution in [3.63, 3.8) is 0 Å². The lowest BCUT2D eigenvalue weighted by atomic mass is 9.87. The summed E-state index contributed by atoms with van der Waals surface area (Å²) < 4.78 is 22.3. The van der Waals surface area contributed by atoms with Crippen LogP contribution in [0.5, 0.6) is 0 Å². The zero-order chi connectivity index (χ0) is 38.3. The van der Waals surface area contributed by atoms with E-state index in [1.54, 1.807) is 48.5 Å². The first kappa shape index (κ1) is 40.8. The fourth-order valence-electron chi connectivity index (χ4n) is 6.06. The standard InChI is InChI=1S/C42H49NO10/c1-28(2)37-27-52-42(49)43(37)41(48)36(22-31-14-7-5-8-15-31)40(53-30(4)45)39(47)23-35(33-18-11-13-29(3)21-33)38(46)19-12-20-50-26-34(24-44)51-25-32-16-9-6-10-17-32/h5-11,13-18,21,23,28,34,36-37,40,44H,12,19-20,22,24-27H2,1-4H3. The van der Waals surface area contributed by atoms with Gasteiger partial charge in [0, 0.05) is 25.5 Å². The Labute approximate surface area is 310 Å². The third kappa shape index (κ3) is 12.0. The van der Waals surface area contributed by atoms with Crippen LogP contribution in [0.2, 0.25) is 0 Å². The number of cyclic esters (lactones) is 1. The Kier molecular flexibility index (Phi) is 15.6. The number of benzene rings is 3. The van der Waals surface area contributed by atoms with E-state index in [0.29, 0.717) is 24.2 Å². The number of esters is 1. The number of amides is 2. The van der Waals surface area contributed by atoms with Crippen LogP contribution in [-0.2, 0) is 51.2 Å². The van der Waals surface area contributed by atoms with Gasteiger partial charge in [-0.2, -0.15) is 0 Å². The number of aliphatic hydroxyl groups is 1. The third-order valence-corrected chi connectivity index (χ3v) is 8.91. The first-order valence-electron chi connectivity index (χ1n) is 17.9. The summed E-state index contributed by atoms with van der Waals surface area (Å²) in [6.45, 7) is 7.10. The minimum absolute atomic E-state index is 0.00344. The molecule has 3 aromatic carbocycles. The highest BCUT2D eigenvalue weighted by Crippen LogP contribution is 2.28. The maximum atomic E-state index is 14.3. The number of carbonyl (C=O) groups excluding carboxylic acids is 5. The highest BCUT2D eigenvalue weighted by Gasteiger charge is 2.46. The van der Waals surface area contributed by atoms with Crippen molar-refractivity contribution < 1.29 is 48.0 Å². The minimum Gasteiger partial charge on any atom is -0.453 e. The summed E-state index contributed by atoms with van der Waals surface area (Å²) in [6, 6.07) is 25.0. The Balaban J connectivity index is 1.56. The number of hydrogen-bond acceptors (Lipinski definition) is 10. The molecule has 1 aliphatic rings. The summed E-state index contributed by atoms with van der Waals surface area (Å²) in [4.78, 5) is 68.8. The van der Waals surface area contributed by atoms with Crippen molar-refractivity contribution in [3.05, 3.63) is 113 Å². The highest BCUT2D eigenvalue weighted by molar-refractivity contribution is 6.25. The van der Waals surface area contributed by atoms with Crippen LogP contribution in [0.3, 0.4) is 0 Å². The van der Waals surface area contributed by atoms with Crippen molar-refractivity contribution >= 4 is 35.1 Å². The van der Waals surface area contributed by atoms with E-state index in [9.17, 15) is 29.1 Å². The second-order valence-electron chi connectivity index (χ2n) is 13.5. The van der Waals surface area contributed by atoms with Crippen molar-refractivity contribution in [2.24, 2.45) is 11.8 Å². The number of hydrogen-bond donors (Lipinski definition) is 1. The average Bonchev–Trinajstić information content (AvgIpc) is 3.54. The Morgan fingerprint density at radius 2 is 1.64 bits per heavy atom. The van der Waals surface area contributed by atoms with Gasteiger partial charge in [0.25, 0.3) is 0 Å². The molecule has 0 spiro atoms. The number of allylic oxidation sites excluding steroid dienone is 1. The molecule has 2 amide bonds. The van der Waals surface area contributed by atoms with Crippen LogP contribution >= 0.6 is 0 Å². The quantitative estimate of drug-likeness (QED) is 0.0876. The SMILES string of the molecule is CC(=O)OC(C(=O)C=C(C(=O)CCCOCC(CO)OCc1ccccc1)c1cccc(C)c1)C(Cc1ccccc1)C(=O)N1C(=O)OCC1C(C)C. The van der Waals surface area contributed by atoms with Gasteiger partial charge in [0.1, 0.15) is 12.7 Å². The smallest absolute Gasteiger partial charge is 0.416 e. The zero-order valence-corrected chi connectivity index (χ0v) is 30.8. The largest absolute Gasteiger partial charge is 0.453 e. The van der Waals surface area contributed by atoms with Crippen molar-refractivity contribution in [3.8, 4) is 0 Å². The number of ether oxygens (including phenoxy) is 4. The van der Waals surface area contributed by atoms with Crippen LogP contribution in [-0.4, -0.2) is 84.2 Å². The van der Waals surface area contributed by atoms with Gasteiger partial charge in [-0.3, -0.25) is 19.2 Å². The third-order valence-electron chi connectivity index (χ3n) is 8.91. The van der Waals surface area contributed by atoms with E-state index in [0.717, 1.165) is 29.0 Å². The van der Waals surface area contributed by atoms with E-state index in [1.807, 2.05) is 57.2 Å². The minimum atomic E-state index is -1.65. The van der Waals surface area contributed by atoms with Crippen LogP contribution < -0.4 is 0 Å². The summed E-state index contributed by atoms with van der Waals surface area (Å²) in [5.41, 5.74) is 3.06.